The number of hydrogen-bond donors (Lipinski definition) is 2. The van der Waals surface area contributed by atoms with Crippen LogP contribution in [0.2, 0.25) is 0 Å². The molecule has 1 aromatic carbocycles. The molecule has 0 bridgehead atoms. The molecule has 1 fully saturated rings. The number of furan rings is 1. The molecule has 2 N–H and O–H groups in total. The lowest BCUT2D eigenvalue weighted by molar-refractivity contribution is -0.132. The average Bonchev–Trinajstić information content (AvgIpc) is 3.35. The number of aryl methyl sites for hydroxylation is 1. The summed E-state index contributed by atoms with van der Waals surface area (Å²) in [7, 11) is 1.66. The van der Waals surface area contributed by atoms with Crippen molar-refractivity contribution in [3.05, 3.63) is 45.8 Å². The van der Waals surface area contributed by atoms with Crippen molar-refractivity contribution in [2.24, 2.45) is 7.05 Å². The van der Waals surface area contributed by atoms with Gasteiger partial charge in [-0.15, -0.1) is 11.3 Å². The molecule has 4 heterocycles. The lowest BCUT2D eigenvalue weighted by Crippen LogP contribution is -2.46. The summed E-state index contributed by atoms with van der Waals surface area (Å²) < 4.78 is 19.2. The molecule has 10 heteroatoms. The van der Waals surface area contributed by atoms with Crippen molar-refractivity contribution in [2.75, 3.05) is 19.7 Å². The van der Waals surface area contributed by atoms with E-state index in [4.69, 9.17) is 13.6 Å². The van der Waals surface area contributed by atoms with E-state index < -0.39 is 17.9 Å². The molecule has 0 aliphatic carbocycles. The maximum Gasteiger partial charge on any atom is 0.419 e. The van der Waals surface area contributed by atoms with Crippen molar-refractivity contribution in [3.8, 4) is 17.4 Å². The van der Waals surface area contributed by atoms with Crippen LogP contribution in [0.25, 0.3) is 32.7 Å². The van der Waals surface area contributed by atoms with Crippen LogP contribution in [0.4, 0.5) is 0 Å². The van der Waals surface area contributed by atoms with E-state index in [2.05, 4.69) is 16.7 Å². The molecule has 3 aromatic heterocycles. The van der Waals surface area contributed by atoms with E-state index >= 15 is 0 Å². The lowest BCUT2D eigenvalue weighted by Gasteiger charge is -2.17. The van der Waals surface area contributed by atoms with E-state index in [9.17, 15) is 14.9 Å². The molecule has 5 rings (SSSR count). The number of hydrogen-bond acceptors (Lipinski definition) is 8. The number of nitriles is 1. The van der Waals surface area contributed by atoms with E-state index in [1.807, 2.05) is 24.3 Å². The Labute approximate surface area is 192 Å². The van der Waals surface area contributed by atoms with Gasteiger partial charge in [0.1, 0.15) is 23.5 Å². The standard InChI is InChI=1S/C23H22N4O5S/c1-27-16-7-13(3-4-17(16)32-23(27)29)18-10-21-19(31-18)9-15(33-21)8-14(11-24)26-22(28)20-12-25-5-2-6-30-20/h3-4,7,9-10,14,20,25H,2,5-6,8,12H2,1H3,(H,26,28). The number of fused-ring (bicyclic) bond motifs is 2. The van der Waals surface area contributed by atoms with Crippen LogP contribution in [0.3, 0.4) is 0 Å². The van der Waals surface area contributed by atoms with Gasteiger partial charge in [0.15, 0.2) is 5.58 Å². The number of oxazole rings is 1. The molecule has 9 nitrogen and oxygen atoms in total. The second kappa shape index (κ2) is 8.86. The zero-order chi connectivity index (χ0) is 22.9. The highest BCUT2D eigenvalue weighted by Crippen LogP contribution is 2.35. The van der Waals surface area contributed by atoms with Gasteiger partial charge in [-0.2, -0.15) is 5.26 Å². The molecule has 0 radical (unpaired) electrons. The second-order valence-electron chi connectivity index (χ2n) is 7.97. The van der Waals surface area contributed by atoms with Crippen LogP contribution >= 0.6 is 11.3 Å². The fourth-order valence-electron chi connectivity index (χ4n) is 3.89. The number of rotatable bonds is 5. The molecule has 1 aliphatic rings. The molecule has 0 saturated carbocycles. The summed E-state index contributed by atoms with van der Waals surface area (Å²) in [6.45, 7) is 1.78. The normalized spacial score (nSPS) is 17.6. The summed E-state index contributed by atoms with van der Waals surface area (Å²) in [6.07, 6.45) is 0.656. The second-order valence-corrected chi connectivity index (χ2v) is 9.14. The van der Waals surface area contributed by atoms with Crippen molar-refractivity contribution in [2.45, 2.75) is 25.0 Å². The number of aromatic nitrogens is 1. The maximum absolute atomic E-state index is 12.5. The molecule has 33 heavy (non-hydrogen) atoms. The zero-order valence-electron chi connectivity index (χ0n) is 17.9. The molecule has 170 valence electrons. The third-order valence-corrected chi connectivity index (χ3v) is 6.74. The number of amides is 1. The highest BCUT2D eigenvalue weighted by atomic mass is 32.1. The van der Waals surface area contributed by atoms with Gasteiger partial charge in [0.2, 0.25) is 0 Å². The quantitative estimate of drug-likeness (QED) is 0.463. The first kappa shape index (κ1) is 21.5. The smallest absolute Gasteiger partial charge is 0.419 e. The van der Waals surface area contributed by atoms with Crippen molar-refractivity contribution in [1.82, 2.24) is 15.2 Å². The highest BCUT2D eigenvalue weighted by molar-refractivity contribution is 7.19. The Morgan fingerprint density at radius 2 is 2.21 bits per heavy atom. The average molecular weight is 467 g/mol. The van der Waals surface area contributed by atoms with Gasteiger partial charge >= 0.3 is 5.76 Å². The van der Waals surface area contributed by atoms with E-state index in [0.29, 0.717) is 42.0 Å². The summed E-state index contributed by atoms with van der Waals surface area (Å²) in [4.78, 5) is 25.1. The number of ether oxygens (including phenoxy) is 1. The number of nitrogens with zero attached hydrogens (tertiary/aromatic N) is 2. The zero-order valence-corrected chi connectivity index (χ0v) is 18.7. The maximum atomic E-state index is 12.5. The van der Waals surface area contributed by atoms with E-state index in [1.54, 1.807) is 13.1 Å². The largest absolute Gasteiger partial charge is 0.455 e. The SMILES string of the molecule is Cn1c(=O)oc2ccc(-c3cc4sc(CC(C#N)NC(=O)C5CNCCCO5)cc4o3)cc21. The van der Waals surface area contributed by atoms with Gasteiger partial charge in [0.25, 0.3) is 5.91 Å². The minimum absolute atomic E-state index is 0.275. The summed E-state index contributed by atoms with van der Waals surface area (Å²) in [5.41, 5.74) is 2.77. The molecule has 2 unspecified atom stereocenters. The summed E-state index contributed by atoms with van der Waals surface area (Å²) >= 11 is 1.52. The minimum atomic E-state index is -0.656. The van der Waals surface area contributed by atoms with Gasteiger partial charge in [-0.3, -0.25) is 9.36 Å². The van der Waals surface area contributed by atoms with Crippen LogP contribution in [0.15, 0.2) is 44.0 Å². The summed E-state index contributed by atoms with van der Waals surface area (Å²) in [6, 6.07) is 10.8. The molecule has 0 spiro atoms. The number of benzene rings is 1. The summed E-state index contributed by atoms with van der Waals surface area (Å²) in [5, 5.41) is 15.5. The lowest BCUT2D eigenvalue weighted by atomic mass is 10.1. The van der Waals surface area contributed by atoms with Crippen LogP contribution in [-0.4, -0.2) is 42.3 Å². The van der Waals surface area contributed by atoms with E-state index in [-0.39, 0.29) is 5.91 Å². The topological polar surface area (TPSA) is 122 Å². The van der Waals surface area contributed by atoms with Gasteiger partial charge in [0, 0.05) is 43.1 Å². The van der Waals surface area contributed by atoms with Crippen LogP contribution < -0.4 is 16.4 Å². The first-order valence-corrected chi connectivity index (χ1v) is 11.5. The van der Waals surface area contributed by atoms with Gasteiger partial charge in [-0.05, 0) is 37.2 Å². The number of nitrogens with one attached hydrogen (secondary N) is 2. The summed E-state index contributed by atoms with van der Waals surface area (Å²) in [5.74, 6) is -0.00255. The minimum Gasteiger partial charge on any atom is -0.455 e. The van der Waals surface area contributed by atoms with E-state index in [1.165, 1.54) is 15.9 Å². The number of carbonyl (C=O) groups excluding carboxylic acids is 1. The molecule has 2 atom stereocenters. The first-order valence-electron chi connectivity index (χ1n) is 10.7. The Morgan fingerprint density at radius 1 is 1.33 bits per heavy atom. The molecule has 4 aromatic rings. The predicted octanol–water partition coefficient (Wildman–Crippen LogP) is 2.54. The Morgan fingerprint density at radius 3 is 3.03 bits per heavy atom. The first-order chi connectivity index (χ1) is 16.0. The molecular weight excluding hydrogens is 444 g/mol. The monoisotopic (exact) mass is 466 g/mol. The van der Waals surface area contributed by atoms with Crippen LogP contribution in [0, 0.1) is 11.3 Å². The van der Waals surface area contributed by atoms with Crippen LogP contribution in [-0.2, 0) is 23.0 Å². The molecule has 1 amide bonds. The van der Waals surface area contributed by atoms with Crippen LogP contribution in [0.1, 0.15) is 11.3 Å². The molecular formula is C23H22N4O5S. The third-order valence-electron chi connectivity index (χ3n) is 5.65. The Balaban J connectivity index is 1.30. The van der Waals surface area contributed by atoms with Crippen molar-refractivity contribution in [1.29, 1.82) is 5.26 Å². The van der Waals surface area contributed by atoms with Crippen molar-refractivity contribution >= 4 is 38.6 Å². The third kappa shape index (κ3) is 4.30. The van der Waals surface area contributed by atoms with Crippen molar-refractivity contribution < 1.29 is 18.4 Å². The van der Waals surface area contributed by atoms with Gasteiger partial charge in [-0.1, -0.05) is 0 Å². The fraction of sp³-hybridized carbons (Fsp3) is 0.348. The predicted molar refractivity (Wildman–Crippen MR) is 123 cm³/mol. The molecule has 1 saturated heterocycles. The fourth-order valence-corrected chi connectivity index (χ4v) is 4.95. The Bertz CT molecular complexity index is 1380. The van der Waals surface area contributed by atoms with Crippen LogP contribution in [0.5, 0.6) is 0 Å². The van der Waals surface area contributed by atoms with Gasteiger partial charge < -0.3 is 24.2 Å². The van der Waals surface area contributed by atoms with Gasteiger partial charge in [0.05, 0.1) is 16.3 Å². The van der Waals surface area contributed by atoms with Gasteiger partial charge in [-0.25, -0.2) is 4.79 Å². The Kier molecular flexibility index (Phi) is 5.76. The van der Waals surface area contributed by atoms with Crippen molar-refractivity contribution in [3.63, 3.8) is 0 Å². The highest BCUT2D eigenvalue weighted by Gasteiger charge is 2.24. The molecule has 1 aliphatic heterocycles. The number of carbonyl (C=O) groups is 1. The number of thiophene rings is 1. The van der Waals surface area contributed by atoms with E-state index in [0.717, 1.165) is 28.1 Å². The Hall–Kier alpha value is -3.39.